The molecule has 4 rings (SSSR count). The molecule has 1 aliphatic rings. The van der Waals surface area contributed by atoms with Crippen molar-refractivity contribution in [2.45, 2.75) is 19.0 Å². The molecule has 1 fully saturated rings. The van der Waals surface area contributed by atoms with E-state index < -0.39 is 27.6 Å². The Morgan fingerprint density at radius 1 is 1.20 bits per heavy atom. The third kappa shape index (κ3) is 4.32. The van der Waals surface area contributed by atoms with Crippen LogP contribution in [0.1, 0.15) is 22.5 Å². The molecule has 1 unspecified atom stereocenters. The number of hydrogen-bond donors (Lipinski definition) is 0. The van der Waals surface area contributed by atoms with E-state index in [0.29, 0.717) is 15.4 Å². The molecule has 1 atom stereocenters. The molecule has 2 heterocycles. The number of sulfone groups is 1. The molecule has 3 aromatic rings. The Bertz CT molecular complexity index is 1300. The van der Waals surface area contributed by atoms with Gasteiger partial charge in [-0.25, -0.2) is 12.8 Å². The molecule has 0 N–H and O–H groups in total. The molecule has 30 heavy (non-hydrogen) atoms. The quantitative estimate of drug-likeness (QED) is 0.554. The summed E-state index contributed by atoms with van der Waals surface area (Å²) in [5.41, 5.74) is 0.375. The minimum Gasteiger partial charge on any atom is -0.451 e. The Morgan fingerprint density at radius 2 is 2.00 bits per heavy atom. The van der Waals surface area contributed by atoms with E-state index in [-0.39, 0.29) is 41.2 Å². The number of hydrogen-bond acceptors (Lipinski definition) is 5. The first kappa shape index (κ1) is 20.7. The number of nitrogens with zero attached hydrogens (tertiary/aromatic N) is 1. The van der Waals surface area contributed by atoms with Crippen LogP contribution in [-0.4, -0.2) is 36.8 Å². The van der Waals surface area contributed by atoms with Crippen LogP contribution in [0.25, 0.3) is 11.0 Å². The van der Waals surface area contributed by atoms with Gasteiger partial charge in [0.2, 0.25) is 0 Å². The summed E-state index contributed by atoms with van der Waals surface area (Å²) in [7, 11) is -3.27. The molecule has 0 aliphatic carbocycles. The summed E-state index contributed by atoms with van der Waals surface area (Å²) in [5.74, 6) is -1.47. The van der Waals surface area contributed by atoms with Gasteiger partial charge in [-0.2, -0.15) is 0 Å². The second kappa shape index (κ2) is 7.96. The van der Waals surface area contributed by atoms with Gasteiger partial charge in [0.05, 0.1) is 16.9 Å². The van der Waals surface area contributed by atoms with E-state index in [9.17, 15) is 22.4 Å². The van der Waals surface area contributed by atoms with Crippen molar-refractivity contribution >= 4 is 42.6 Å². The largest absolute Gasteiger partial charge is 0.451 e. The highest BCUT2D eigenvalue weighted by Gasteiger charge is 2.36. The lowest BCUT2D eigenvalue weighted by molar-refractivity contribution is 0.0648. The zero-order valence-corrected chi connectivity index (χ0v) is 18.1. The summed E-state index contributed by atoms with van der Waals surface area (Å²) in [6.07, 6.45) is 0.271. The molecule has 156 valence electrons. The number of rotatable bonds is 4. The predicted molar refractivity (Wildman–Crippen MR) is 114 cm³/mol. The van der Waals surface area contributed by atoms with Crippen LogP contribution < -0.4 is 5.43 Å². The fourth-order valence-electron chi connectivity index (χ4n) is 3.60. The molecule has 1 aromatic heterocycles. The summed E-state index contributed by atoms with van der Waals surface area (Å²) in [6.45, 7) is -0.00296. The standard InChI is InChI=1S/C21H17BrFNO5S/c22-14-4-5-17-18(25)10-20(29-19(17)9-14)21(26)24(16-6-7-30(27,28)12-16)11-13-2-1-3-15(23)8-13/h1-5,8-10,16H,6-7,11-12H2. The number of carbonyl (C=O) groups is 1. The third-order valence-corrected chi connectivity index (χ3v) is 7.30. The van der Waals surface area contributed by atoms with Gasteiger partial charge in [-0.3, -0.25) is 9.59 Å². The van der Waals surface area contributed by atoms with Crippen molar-refractivity contribution in [3.8, 4) is 0 Å². The van der Waals surface area contributed by atoms with E-state index in [1.165, 1.54) is 23.1 Å². The van der Waals surface area contributed by atoms with Crippen LogP contribution in [0.4, 0.5) is 4.39 Å². The summed E-state index contributed by atoms with van der Waals surface area (Å²) < 4.78 is 44.0. The van der Waals surface area contributed by atoms with E-state index >= 15 is 0 Å². The van der Waals surface area contributed by atoms with Gasteiger partial charge < -0.3 is 9.32 Å². The number of halogens is 2. The molecule has 6 nitrogen and oxygen atoms in total. The predicted octanol–water partition coefficient (Wildman–Crippen LogP) is 3.52. The smallest absolute Gasteiger partial charge is 0.290 e. The second-order valence-electron chi connectivity index (χ2n) is 7.24. The first-order chi connectivity index (χ1) is 14.2. The Labute approximate surface area is 180 Å². The first-order valence-corrected chi connectivity index (χ1v) is 11.8. The van der Waals surface area contributed by atoms with Gasteiger partial charge in [0.1, 0.15) is 11.4 Å². The molecular formula is C21H17BrFNO5S. The Balaban J connectivity index is 1.75. The minimum atomic E-state index is -3.27. The number of carbonyl (C=O) groups excluding carboxylic acids is 1. The average Bonchev–Trinajstić information content (AvgIpc) is 3.04. The fourth-order valence-corrected chi connectivity index (χ4v) is 5.67. The summed E-state index contributed by atoms with van der Waals surface area (Å²) in [6, 6.07) is 11.1. The van der Waals surface area contributed by atoms with Gasteiger partial charge in [-0.1, -0.05) is 28.1 Å². The summed E-state index contributed by atoms with van der Waals surface area (Å²) in [4.78, 5) is 27.1. The number of benzene rings is 2. The topological polar surface area (TPSA) is 84.7 Å². The van der Waals surface area contributed by atoms with Crippen molar-refractivity contribution < 1.29 is 22.0 Å². The van der Waals surface area contributed by atoms with Crippen LogP contribution in [0, 0.1) is 5.82 Å². The molecule has 0 radical (unpaired) electrons. The van der Waals surface area contributed by atoms with E-state index in [0.717, 1.165) is 6.07 Å². The van der Waals surface area contributed by atoms with Crippen LogP contribution in [0.15, 0.2) is 62.2 Å². The molecule has 0 bridgehead atoms. The Kier molecular flexibility index (Phi) is 5.50. The third-order valence-electron chi connectivity index (χ3n) is 5.05. The van der Waals surface area contributed by atoms with E-state index in [4.69, 9.17) is 4.42 Å². The van der Waals surface area contributed by atoms with Crippen LogP contribution in [-0.2, 0) is 16.4 Å². The van der Waals surface area contributed by atoms with Crippen molar-refractivity contribution in [1.82, 2.24) is 4.90 Å². The van der Waals surface area contributed by atoms with Crippen molar-refractivity contribution in [3.05, 3.63) is 80.4 Å². The van der Waals surface area contributed by atoms with Gasteiger partial charge in [-0.05, 0) is 42.3 Å². The molecule has 2 aromatic carbocycles. The van der Waals surface area contributed by atoms with Gasteiger partial charge >= 0.3 is 0 Å². The lowest BCUT2D eigenvalue weighted by Crippen LogP contribution is -2.41. The van der Waals surface area contributed by atoms with E-state index in [2.05, 4.69) is 15.9 Å². The zero-order chi connectivity index (χ0) is 21.5. The summed E-state index contributed by atoms with van der Waals surface area (Å²) in [5, 5.41) is 0.329. The highest BCUT2D eigenvalue weighted by atomic mass is 79.9. The Morgan fingerprint density at radius 3 is 2.70 bits per heavy atom. The van der Waals surface area contributed by atoms with Crippen molar-refractivity contribution in [2.75, 3.05) is 11.5 Å². The van der Waals surface area contributed by atoms with Gasteiger partial charge in [0, 0.05) is 23.1 Å². The number of amides is 1. The lowest BCUT2D eigenvalue weighted by atomic mass is 10.1. The molecule has 0 spiro atoms. The van der Waals surface area contributed by atoms with E-state index in [1.54, 1.807) is 24.3 Å². The molecule has 9 heteroatoms. The maximum Gasteiger partial charge on any atom is 0.290 e. The zero-order valence-electron chi connectivity index (χ0n) is 15.7. The monoisotopic (exact) mass is 493 g/mol. The van der Waals surface area contributed by atoms with Crippen molar-refractivity contribution in [2.24, 2.45) is 0 Å². The highest BCUT2D eigenvalue weighted by molar-refractivity contribution is 9.10. The van der Waals surface area contributed by atoms with Crippen molar-refractivity contribution in [1.29, 1.82) is 0 Å². The fraction of sp³-hybridized carbons (Fsp3) is 0.238. The maximum absolute atomic E-state index is 13.6. The molecule has 0 saturated carbocycles. The van der Waals surface area contributed by atoms with Crippen LogP contribution in [0.5, 0.6) is 0 Å². The van der Waals surface area contributed by atoms with Crippen molar-refractivity contribution in [3.63, 3.8) is 0 Å². The average molecular weight is 494 g/mol. The van der Waals surface area contributed by atoms with Crippen LogP contribution >= 0.6 is 15.9 Å². The lowest BCUT2D eigenvalue weighted by Gasteiger charge is -2.28. The summed E-state index contributed by atoms with van der Waals surface area (Å²) >= 11 is 3.31. The first-order valence-electron chi connectivity index (χ1n) is 9.21. The van der Waals surface area contributed by atoms with Crippen LogP contribution in [0.2, 0.25) is 0 Å². The van der Waals surface area contributed by atoms with Gasteiger partial charge in [0.25, 0.3) is 5.91 Å². The van der Waals surface area contributed by atoms with Gasteiger partial charge in [-0.15, -0.1) is 0 Å². The molecular weight excluding hydrogens is 477 g/mol. The molecule has 1 amide bonds. The Hall–Kier alpha value is -2.52. The normalized spacial score (nSPS) is 17.9. The minimum absolute atomic E-state index is 0.00296. The number of fused-ring (bicyclic) bond motifs is 1. The highest BCUT2D eigenvalue weighted by Crippen LogP contribution is 2.24. The molecule has 1 saturated heterocycles. The maximum atomic E-state index is 13.6. The SMILES string of the molecule is O=C(c1cc(=O)c2ccc(Br)cc2o1)N(Cc1cccc(F)c1)C1CCS(=O)(=O)C1. The van der Waals surface area contributed by atoms with E-state index in [1.807, 2.05) is 0 Å². The molecule has 1 aliphatic heterocycles. The van der Waals surface area contributed by atoms with Gasteiger partial charge in [0.15, 0.2) is 21.0 Å². The second-order valence-corrected chi connectivity index (χ2v) is 10.4. The van der Waals surface area contributed by atoms with Crippen LogP contribution in [0.3, 0.4) is 0 Å².